The molecule has 1 saturated carbocycles. The molecule has 17 heavy (non-hydrogen) atoms. The van der Waals surface area contributed by atoms with Crippen molar-refractivity contribution >= 4 is 28.5 Å². The number of anilines is 1. The molecular weight excluding hydrogens is 238 g/mol. The third-order valence-electron chi connectivity index (χ3n) is 3.62. The van der Waals surface area contributed by atoms with Crippen LogP contribution >= 0.6 is 11.6 Å². The molecule has 2 N–H and O–H groups in total. The van der Waals surface area contributed by atoms with Crippen LogP contribution in [-0.2, 0) is 0 Å². The van der Waals surface area contributed by atoms with Gasteiger partial charge in [-0.25, -0.2) is 0 Å². The van der Waals surface area contributed by atoms with Crippen molar-refractivity contribution in [1.29, 1.82) is 0 Å². The molecule has 0 spiro atoms. The fraction of sp³-hybridized carbons (Fsp3) is 0.545. The number of hydrogen-bond donors (Lipinski definition) is 2. The smallest absolute Gasteiger partial charge is 0.226 e. The van der Waals surface area contributed by atoms with E-state index in [1.54, 1.807) is 6.20 Å². The third-order valence-corrected chi connectivity index (χ3v) is 3.79. The van der Waals surface area contributed by atoms with Crippen LogP contribution in [-0.4, -0.2) is 26.7 Å². The van der Waals surface area contributed by atoms with E-state index in [0.29, 0.717) is 11.1 Å². The highest BCUT2D eigenvalue weighted by Gasteiger charge is 2.40. The number of aromatic nitrogens is 4. The Morgan fingerprint density at radius 1 is 1.47 bits per heavy atom. The predicted octanol–water partition coefficient (Wildman–Crippen LogP) is 2.61. The van der Waals surface area contributed by atoms with Gasteiger partial charge in [0.25, 0.3) is 0 Å². The highest BCUT2D eigenvalue weighted by atomic mass is 35.5. The minimum absolute atomic E-state index is 0.241. The Morgan fingerprint density at radius 3 is 3.00 bits per heavy atom. The SMILES string of the molecule is CCC1(CNc2nc(Cl)nc3[nH]ncc23)CC1. The van der Waals surface area contributed by atoms with Crippen LogP contribution in [0.2, 0.25) is 5.28 Å². The van der Waals surface area contributed by atoms with Gasteiger partial charge in [-0.3, -0.25) is 5.10 Å². The Hall–Kier alpha value is -1.36. The normalized spacial score (nSPS) is 17.3. The van der Waals surface area contributed by atoms with E-state index in [1.165, 1.54) is 19.3 Å². The van der Waals surface area contributed by atoms with Crippen LogP contribution in [0.3, 0.4) is 0 Å². The molecular formula is C11H14ClN5. The molecule has 1 fully saturated rings. The number of halogens is 1. The molecule has 1 aliphatic rings. The fourth-order valence-electron chi connectivity index (χ4n) is 2.05. The fourth-order valence-corrected chi connectivity index (χ4v) is 2.21. The first-order valence-corrected chi connectivity index (χ1v) is 6.21. The van der Waals surface area contributed by atoms with Crippen molar-refractivity contribution < 1.29 is 0 Å². The van der Waals surface area contributed by atoms with Gasteiger partial charge in [0.05, 0.1) is 11.6 Å². The Bertz CT molecular complexity index is 546. The zero-order chi connectivity index (χ0) is 11.9. The molecule has 0 amide bonds. The molecule has 0 aliphatic heterocycles. The monoisotopic (exact) mass is 251 g/mol. The molecule has 6 heteroatoms. The largest absolute Gasteiger partial charge is 0.369 e. The maximum Gasteiger partial charge on any atom is 0.226 e. The van der Waals surface area contributed by atoms with Gasteiger partial charge >= 0.3 is 0 Å². The van der Waals surface area contributed by atoms with Crippen LogP contribution in [0.1, 0.15) is 26.2 Å². The number of nitrogens with zero attached hydrogens (tertiary/aromatic N) is 3. The lowest BCUT2D eigenvalue weighted by atomic mass is 10.0. The molecule has 2 aromatic heterocycles. The summed E-state index contributed by atoms with van der Waals surface area (Å²) in [6.07, 6.45) is 5.51. The summed E-state index contributed by atoms with van der Waals surface area (Å²) < 4.78 is 0. The van der Waals surface area contributed by atoms with Crippen LogP contribution < -0.4 is 5.32 Å². The van der Waals surface area contributed by atoms with E-state index in [1.807, 2.05) is 0 Å². The topological polar surface area (TPSA) is 66.5 Å². The van der Waals surface area contributed by atoms with Gasteiger partial charge in [0.15, 0.2) is 5.65 Å². The quantitative estimate of drug-likeness (QED) is 0.820. The van der Waals surface area contributed by atoms with Crippen molar-refractivity contribution in [2.24, 2.45) is 5.41 Å². The summed E-state index contributed by atoms with van der Waals surface area (Å²) >= 11 is 5.87. The molecule has 0 radical (unpaired) electrons. The highest BCUT2D eigenvalue weighted by Crippen LogP contribution is 2.48. The summed E-state index contributed by atoms with van der Waals surface area (Å²) in [5, 5.41) is 11.3. The first-order valence-electron chi connectivity index (χ1n) is 5.83. The Kier molecular flexibility index (Phi) is 2.43. The van der Waals surface area contributed by atoms with Crippen molar-refractivity contribution in [3.05, 3.63) is 11.5 Å². The van der Waals surface area contributed by atoms with Crippen molar-refractivity contribution in [1.82, 2.24) is 20.2 Å². The molecule has 90 valence electrons. The average molecular weight is 252 g/mol. The van der Waals surface area contributed by atoms with Gasteiger partial charge in [0.1, 0.15) is 5.82 Å². The number of hydrogen-bond acceptors (Lipinski definition) is 4. The van der Waals surface area contributed by atoms with E-state index in [4.69, 9.17) is 11.6 Å². The van der Waals surface area contributed by atoms with E-state index in [9.17, 15) is 0 Å². The van der Waals surface area contributed by atoms with Crippen molar-refractivity contribution in [3.63, 3.8) is 0 Å². The van der Waals surface area contributed by atoms with Gasteiger partial charge < -0.3 is 5.32 Å². The summed E-state index contributed by atoms with van der Waals surface area (Å²) in [6.45, 7) is 3.17. The second kappa shape index (κ2) is 3.84. The Labute approximate surface area is 104 Å². The number of fused-ring (bicyclic) bond motifs is 1. The summed E-state index contributed by atoms with van der Waals surface area (Å²) in [6, 6.07) is 0. The molecule has 1 aliphatic carbocycles. The molecule has 5 nitrogen and oxygen atoms in total. The lowest BCUT2D eigenvalue weighted by Gasteiger charge is -2.14. The van der Waals surface area contributed by atoms with Crippen molar-refractivity contribution in [2.45, 2.75) is 26.2 Å². The standard InChI is InChI=1S/C11H14ClN5/c1-2-11(3-4-11)6-13-8-7-5-14-17-9(7)16-10(12)15-8/h5H,2-4,6H2,1H3,(H2,13,14,15,16,17). The van der Waals surface area contributed by atoms with E-state index < -0.39 is 0 Å². The van der Waals surface area contributed by atoms with Gasteiger partial charge in [-0.2, -0.15) is 15.1 Å². The highest BCUT2D eigenvalue weighted by molar-refractivity contribution is 6.28. The van der Waals surface area contributed by atoms with Gasteiger partial charge in [-0.1, -0.05) is 6.92 Å². The van der Waals surface area contributed by atoms with Crippen LogP contribution in [0, 0.1) is 5.41 Å². The summed E-state index contributed by atoms with van der Waals surface area (Å²) in [5.41, 5.74) is 1.14. The molecule has 0 bridgehead atoms. The average Bonchev–Trinajstić information content (AvgIpc) is 2.96. The molecule has 0 unspecified atom stereocenters. The maximum atomic E-state index is 5.87. The Balaban J connectivity index is 1.86. The van der Waals surface area contributed by atoms with Crippen LogP contribution in [0.5, 0.6) is 0 Å². The number of rotatable bonds is 4. The van der Waals surface area contributed by atoms with Crippen LogP contribution in [0.4, 0.5) is 5.82 Å². The minimum atomic E-state index is 0.241. The first-order chi connectivity index (χ1) is 8.22. The molecule has 0 aromatic carbocycles. The second-order valence-electron chi connectivity index (χ2n) is 4.68. The lowest BCUT2D eigenvalue weighted by molar-refractivity contribution is 0.521. The van der Waals surface area contributed by atoms with Gasteiger partial charge in [0, 0.05) is 6.54 Å². The van der Waals surface area contributed by atoms with E-state index in [-0.39, 0.29) is 5.28 Å². The summed E-state index contributed by atoms with van der Waals surface area (Å²) in [4.78, 5) is 8.29. The zero-order valence-electron chi connectivity index (χ0n) is 9.63. The summed E-state index contributed by atoms with van der Waals surface area (Å²) in [7, 11) is 0. The Morgan fingerprint density at radius 2 is 2.29 bits per heavy atom. The second-order valence-corrected chi connectivity index (χ2v) is 5.02. The maximum absolute atomic E-state index is 5.87. The van der Waals surface area contributed by atoms with Gasteiger partial charge in [-0.05, 0) is 36.3 Å². The van der Waals surface area contributed by atoms with Gasteiger partial charge in [0.2, 0.25) is 5.28 Å². The van der Waals surface area contributed by atoms with E-state index in [0.717, 1.165) is 17.7 Å². The van der Waals surface area contributed by atoms with Crippen LogP contribution in [0.15, 0.2) is 6.20 Å². The van der Waals surface area contributed by atoms with Crippen LogP contribution in [0.25, 0.3) is 11.0 Å². The summed E-state index contributed by atoms with van der Waals surface area (Å²) in [5.74, 6) is 0.772. The molecule has 2 heterocycles. The number of aromatic amines is 1. The van der Waals surface area contributed by atoms with Gasteiger partial charge in [-0.15, -0.1) is 0 Å². The molecule has 3 rings (SSSR count). The predicted molar refractivity (Wildman–Crippen MR) is 67.1 cm³/mol. The zero-order valence-corrected chi connectivity index (χ0v) is 10.4. The first kappa shape index (κ1) is 10.8. The minimum Gasteiger partial charge on any atom is -0.369 e. The number of H-pyrrole nitrogens is 1. The van der Waals surface area contributed by atoms with E-state index >= 15 is 0 Å². The molecule has 0 saturated heterocycles. The number of nitrogens with one attached hydrogen (secondary N) is 2. The van der Waals surface area contributed by atoms with Crippen molar-refractivity contribution in [2.75, 3.05) is 11.9 Å². The lowest BCUT2D eigenvalue weighted by Crippen LogP contribution is -2.15. The van der Waals surface area contributed by atoms with Crippen molar-refractivity contribution in [3.8, 4) is 0 Å². The molecule has 2 aromatic rings. The third kappa shape index (κ3) is 1.95. The van der Waals surface area contributed by atoms with E-state index in [2.05, 4.69) is 32.4 Å². The molecule has 0 atom stereocenters.